The average molecular weight is 271 g/mol. The summed E-state index contributed by atoms with van der Waals surface area (Å²) in [5.41, 5.74) is 3.73. The molecule has 0 atom stereocenters. The normalized spacial score (nSPS) is 10.2. The second kappa shape index (κ2) is 6.38. The van der Waals surface area contributed by atoms with Crippen molar-refractivity contribution >= 4 is 11.6 Å². The predicted octanol–water partition coefficient (Wildman–Crippen LogP) is 3.99. The summed E-state index contributed by atoms with van der Waals surface area (Å²) in [6.07, 6.45) is 0. The van der Waals surface area contributed by atoms with Crippen LogP contribution in [0, 0.1) is 11.3 Å². The van der Waals surface area contributed by atoms with E-state index in [0.717, 1.165) is 29.8 Å². The highest BCUT2D eigenvalue weighted by Crippen LogP contribution is 2.29. The summed E-state index contributed by atoms with van der Waals surface area (Å²) in [5, 5.41) is 12.9. The van der Waals surface area contributed by atoms with Gasteiger partial charge in [-0.2, -0.15) is 5.26 Å². The van der Waals surface area contributed by atoms with E-state index in [0.29, 0.717) is 10.6 Å². The molecule has 0 aliphatic heterocycles. The Kier molecular flexibility index (Phi) is 4.57. The molecule has 2 rings (SSSR count). The number of nitriles is 1. The number of halogens is 1. The number of hydrogen-bond donors (Lipinski definition) is 1. The van der Waals surface area contributed by atoms with Crippen molar-refractivity contribution in [2.75, 3.05) is 6.54 Å². The Balaban J connectivity index is 2.32. The molecule has 0 spiro atoms. The van der Waals surface area contributed by atoms with E-state index >= 15 is 0 Å². The van der Waals surface area contributed by atoms with Crippen molar-refractivity contribution < 1.29 is 0 Å². The first-order chi connectivity index (χ1) is 9.24. The Bertz CT molecular complexity index is 614. The van der Waals surface area contributed by atoms with Crippen LogP contribution in [0.3, 0.4) is 0 Å². The van der Waals surface area contributed by atoms with E-state index in [1.54, 1.807) is 6.07 Å². The standard InChI is InChI=1S/C16H15ClN2/c1-2-19-11-13-6-7-15(16(17)9-13)14-5-3-4-12(8-14)10-18/h3-9,19H,2,11H2,1H3. The molecule has 1 N–H and O–H groups in total. The Morgan fingerprint density at radius 1 is 1.21 bits per heavy atom. The second-order valence-corrected chi connectivity index (χ2v) is 4.69. The summed E-state index contributed by atoms with van der Waals surface area (Å²) in [5.74, 6) is 0. The van der Waals surface area contributed by atoms with Crippen LogP contribution in [0.4, 0.5) is 0 Å². The van der Waals surface area contributed by atoms with Gasteiger partial charge >= 0.3 is 0 Å². The zero-order chi connectivity index (χ0) is 13.7. The molecular weight excluding hydrogens is 256 g/mol. The highest BCUT2D eigenvalue weighted by molar-refractivity contribution is 6.33. The number of nitrogens with one attached hydrogen (secondary N) is 1. The van der Waals surface area contributed by atoms with Crippen molar-refractivity contribution in [1.82, 2.24) is 5.32 Å². The summed E-state index contributed by atoms with van der Waals surface area (Å²) in [7, 11) is 0. The van der Waals surface area contributed by atoms with E-state index in [1.165, 1.54) is 0 Å². The van der Waals surface area contributed by atoms with Crippen LogP contribution < -0.4 is 5.32 Å². The zero-order valence-electron chi connectivity index (χ0n) is 10.8. The predicted molar refractivity (Wildman–Crippen MR) is 79.0 cm³/mol. The fraction of sp³-hybridized carbons (Fsp3) is 0.188. The minimum atomic E-state index is 0.644. The topological polar surface area (TPSA) is 35.8 Å². The quantitative estimate of drug-likeness (QED) is 0.912. The fourth-order valence-electron chi connectivity index (χ4n) is 1.93. The van der Waals surface area contributed by atoms with Gasteiger partial charge in [-0.25, -0.2) is 0 Å². The average Bonchev–Trinajstić information content (AvgIpc) is 2.45. The van der Waals surface area contributed by atoms with Gasteiger partial charge in [0.2, 0.25) is 0 Å². The molecule has 0 aromatic heterocycles. The molecule has 0 saturated carbocycles. The molecule has 0 fully saturated rings. The number of hydrogen-bond acceptors (Lipinski definition) is 2. The van der Waals surface area contributed by atoms with E-state index in [9.17, 15) is 0 Å². The van der Waals surface area contributed by atoms with Crippen LogP contribution in [-0.2, 0) is 6.54 Å². The Labute approximate surface area is 118 Å². The summed E-state index contributed by atoms with van der Waals surface area (Å²) in [4.78, 5) is 0. The number of rotatable bonds is 4. The first-order valence-electron chi connectivity index (χ1n) is 6.24. The van der Waals surface area contributed by atoms with Crippen molar-refractivity contribution in [1.29, 1.82) is 5.26 Å². The van der Waals surface area contributed by atoms with Gasteiger partial charge in [0.25, 0.3) is 0 Å². The van der Waals surface area contributed by atoms with Crippen molar-refractivity contribution in [3.05, 3.63) is 58.6 Å². The van der Waals surface area contributed by atoms with E-state index < -0.39 is 0 Å². The van der Waals surface area contributed by atoms with Crippen LogP contribution in [-0.4, -0.2) is 6.54 Å². The van der Waals surface area contributed by atoms with Gasteiger partial charge in [-0.3, -0.25) is 0 Å². The molecule has 0 aliphatic carbocycles. The van der Waals surface area contributed by atoms with E-state index in [4.69, 9.17) is 16.9 Å². The van der Waals surface area contributed by atoms with Crippen LogP contribution in [0.5, 0.6) is 0 Å². The third-order valence-corrected chi connectivity index (χ3v) is 3.23. The second-order valence-electron chi connectivity index (χ2n) is 4.29. The minimum absolute atomic E-state index is 0.644. The van der Waals surface area contributed by atoms with Crippen molar-refractivity contribution in [2.24, 2.45) is 0 Å². The molecule has 0 bridgehead atoms. The number of benzene rings is 2. The number of nitrogens with zero attached hydrogens (tertiary/aromatic N) is 1. The van der Waals surface area contributed by atoms with Gasteiger partial charge in [-0.1, -0.05) is 42.8 Å². The van der Waals surface area contributed by atoms with Gasteiger partial charge in [0, 0.05) is 17.1 Å². The Morgan fingerprint density at radius 3 is 2.74 bits per heavy atom. The molecule has 0 unspecified atom stereocenters. The molecule has 3 heteroatoms. The highest BCUT2D eigenvalue weighted by Gasteiger charge is 2.05. The van der Waals surface area contributed by atoms with E-state index in [-0.39, 0.29) is 0 Å². The Hall–Kier alpha value is -1.82. The van der Waals surface area contributed by atoms with Crippen molar-refractivity contribution in [2.45, 2.75) is 13.5 Å². The van der Waals surface area contributed by atoms with Crippen LogP contribution in [0.2, 0.25) is 5.02 Å². The van der Waals surface area contributed by atoms with E-state index in [1.807, 2.05) is 30.3 Å². The van der Waals surface area contributed by atoms with Crippen LogP contribution >= 0.6 is 11.6 Å². The molecule has 19 heavy (non-hydrogen) atoms. The molecule has 2 nitrogen and oxygen atoms in total. The van der Waals surface area contributed by atoms with Gasteiger partial charge in [0.1, 0.15) is 0 Å². The van der Waals surface area contributed by atoms with Gasteiger partial charge in [-0.05, 0) is 35.9 Å². The minimum Gasteiger partial charge on any atom is -0.313 e. The lowest BCUT2D eigenvalue weighted by Crippen LogP contribution is -2.11. The van der Waals surface area contributed by atoms with Crippen LogP contribution in [0.25, 0.3) is 11.1 Å². The smallest absolute Gasteiger partial charge is 0.0991 e. The SMILES string of the molecule is CCNCc1ccc(-c2cccc(C#N)c2)c(Cl)c1. The lowest BCUT2D eigenvalue weighted by molar-refractivity contribution is 0.727. The van der Waals surface area contributed by atoms with Crippen LogP contribution in [0.15, 0.2) is 42.5 Å². The van der Waals surface area contributed by atoms with Gasteiger partial charge in [0.15, 0.2) is 0 Å². The first kappa shape index (κ1) is 13.6. The molecular formula is C16H15ClN2. The summed E-state index contributed by atoms with van der Waals surface area (Å²) in [6, 6.07) is 15.7. The maximum Gasteiger partial charge on any atom is 0.0991 e. The van der Waals surface area contributed by atoms with Crippen molar-refractivity contribution in [3.8, 4) is 17.2 Å². The largest absolute Gasteiger partial charge is 0.313 e. The highest BCUT2D eigenvalue weighted by atomic mass is 35.5. The Morgan fingerprint density at radius 2 is 2.05 bits per heavy atom. The molecule has 0 amide bonds. The molecule has 0 saturated heterocycles. The van der Waals surface area contributed by atoms with Gasteiger partial charge in [-0.15, -0.1) is 0 Å². The fourth-order valence-corrected chi connectivity index (χ4v) is 2.24. The summed E-state index contributed by atoms with van der Waals surface area (Å²) >= 11 is 6.33. The molecule has 0 aliphatic rings. The lowest BCUT2D eigenvalue weighted by Gasteiger charge is -2.08. The maximum absolute atomic E-state index is 8.93. The first-order valence-corrected chi connectivity index (χ1v) is 6.62. The lowest BCUT2D eigenvalue weighted by atomic mass is 10.0. The monoisotopic (exact) mass is 270 g/mol. The summed E-state index contributed by atoms with van der Waals surface area (Å²) in [6.45, 7) is 3.82. The van der Waals surface area contributed by atoms with Crippen molar-refractivity contribution in [3.63, 3.8) is 0 Å². The van der Waals surface area contributed by atoms with Crippen LogP contribution in [0.1, 0.15) is 18.1 Å². The third kappa shape index (κ3) is 3.35. The van der Waals surface area contributed by atoms with Gasteiger partial charge in [0.05, 0.1) is 11.6 Å². The molecule has 2 aromatic rings. The molecule has 0 radical (unpaired) electrons. The summed E-state index contributed by atoms with van der Waals surface area (Å²) < 4.78 is 0. The maximum atomic E-state index is 8.93. The molecule has 96 valence electrons. The molecule has 2 aromatic carbocycles. The van der Waals surface area contributed by atoms with Gasteiger partial charge < -0.3 is 5.32 Å². The zero-order valence-corrected chi connectivity index (χ0v) is 11.5. The third-order valence-electron chi connectivity index (χ3n) is 2.92. The molecule has 0 heterocycles. The van der Waals surface area contributed by atoms with E-state index in [2.05, 4.69) is 24.4 Å².